The summed E-state index contributed by atoms with van der Waals surface area (Å²) in [7, 11) is 0. The summed E-state index contributed by atoms with van der Waals surface area (Å²) in [6, 6.07) is 0. The van der Waals surface area contributed by atoms with Gasteiger partial charge in [-0.1, -0.05) is 19.4 Å². The van der Waals surface area contributed by atoms with E-state index in [9.17, 15) is 4.79 Å². The Bertz CT molecular complexity index is 102. The van der Waals surface area contributed by atoms with Crippen molar-refractivity contribution in [3.05, 3.63) is 12.2 Å². The minimum Gasteiger partial charge on any atom is -0.295 e. The number of hydrogen-bond acceptors (Lipinski definition) is 1. The first-order chi connectivity index (χ1) is 3.77. The van der Waals surface area contributed by atoms with Crippen LogP contribution in [0.25, 0.3) is 0 Å². The zero-order chi connectivity index (χ0) is 6.41. The quantitative estimate of drug-likeness (QED) is 0.558. The van der Waals surface area contributed by atoms with Gasteiger partial charge in [0.05, 0.1) is 0 Å². The summed E-state index contributed by atoms with van der Waals surface area (Å²) in [6.45, 7) is 3.65. The van der Waals surface area contributed by atoms with Gasteiger partial charge in [0.25, 0.3) is 0 Å². The largest absolute Gasteiger partial charge is 0.295 e. The molecule has 0 saturated heterocycles. The zero-order valence-electron chi connectivity index (χ0n) is 6.20. The Morgan fingerprint density at radius 2 is 2.00 bits per heavy atom. The molecule has 0 radical (unpaired) electrons. The molecule has 0 atom stereocenters. The van der Waals surface area contributed by atoms with E-state index in [0.29, 0.717) is 0 Å². The Labute approximate surface area is 82.3 Å². The van der Waals surface area contributed by atoms with E-state index in [1.54, 1.807) is 13.0 Å². The molecule has 0 heterocycles. The van der Waals surface area contributed by atoms with Gasteiger partial charge in [-0.05, 0) is 19.4 Å². The summed E-state index contributed by atoms with van der Waals surface area (Å²) in [4.78, 5) is 10.2. The van der Waals surface area contributed by atoms with Gasteiger partial charge in [0.15, 0.2) is 5.78 Å². The van der Waals surface area contributed by atoms with Crippen LogP contribution in [0.2, 0.25) is 0 Å². The molecule has 0 rings (SSSR count). The molecule has 0 aromatic carbocycles. The summed E-state index contributed by atoms with van der Waals surface area (Å²) in [6.07, 6.45) is 5.65. The van der Waals surface area contributed by atoms with E-state index in [1.807, 2.05) is 6.08 Å². The molecule has 0 unspecified atom stereocenters. The van der Waals surface area contributed by atoms with Crippen LogP contribution in [0.5, 0.6) is 0 Å². The van der Waals surface area contributed by atoms with E-state index >= 15 is 0 Å². The SMILES string of the molecule is CCC/C=C/C(C)=O.Cl.[Pd]. The predicted molar refractivity (Wildman–Crippen MR) is 42.0 cm³/mol. The van der Waals surface area contributed by atoms with Crippen molar-refractivity contribution in [3.63, 3.8) is 0 Å². The molecule has 0 bridgehead atoms. The maximum Gasteiger partial charge on any atom is 0.152 e. The topological polar surface area (TPSA) is 17.1 Å². The molecular weight excluding hydrogens is 242 g/mol. The average Bonchev–Trinajstić information content (AvgIpc) is 1.66. The summed E-state index contributed by atoms with van der Waals surface area (Å²) >= 11 is 0. The van der Waals surface area contributed by atoms with E-state index in [-0.39, 0.29) is 38.6 Å². The standard InChI is InChI=1S/C7H12O.ClH.Pd/c1-3-4-5-6-7(2)8;;/h5-6H,3-4H2,1-2H3;1H;/b6-5+;;. The molecule has 0 aliphatic carbocycles. The summed E-state index contributed by atoms with van der Waals surface area (Å²) in [5.41, 5.74) is 0. The minimum absolute atomic E-state index is 0. The van der Waals surface area contributed by atoms with Gasteiger partial charge in [0.2, 0.25) is 0 Å². The Morgan fingerprint density at radius 3 is 2.30 bits per heavy atom. The number of allylic oxidation sites excluding steroid dienone is 2. The van der Waals surface area contributed by atoms with Crippen molar-refractivity contribution in [3.8, 4) is 0 Å². The second kappa shape index (κ2) is 12.1. The number of rotatable bonds is 3. The van der Waals surface area contributed by atoms with Gasteiger partial charge >= 0.3 is 0 Å². The molecule has 0 aliphatic heterocycles. The van der Waals surface area contributed by atoms with Gasteiger partial charge in [0.1, 0.15) is 0 Å². The van der Waals surface area contributed by atoms with Crippen LogP contribution in [0.1, 0.15) is 26.7 Å². The van der Waals surface area contributed by atoms with Crippen LogP contribution in [0.3, 0.4) is 0 Å². The van der Waals surface area contributed by atoms with Gasteiger partial charge in [-0.25, -0.2) is 0 Å². The van der Waals surface area contributed by atoms with Gasteiger partial charge in [-0.2, -0.15) is 0 Å². The summed E-state index contributed by atoms with van der Waals surface area (Å²) < 4.78 is 0. The van der Waals surface area contributed by atoms with Crippen LogP contribution < -0.4 is 0 Å². The normalized spacial score (nSPS) is 8.20. The molecule has 0 spiro atoms. The molecule has 0 aromatic heterocycles. The Kier molecular flexibility index (Phi) is 20.2. The van der Waals surface area contributed by atoms with Crippen LogP contribution in [-0.4, -0.2) is 5.78 Å². The zero-order valence-corrected chi connectivity index (χ0v) is 8.57. The van der Waals surface area contributed by atoms with Gasteiger partial charge in [-0.15, -0.1) is 12.4 Å². The fourth-order valence-electron chi connectivity index (χ4n) is 0.416. The Hall–Kier alpha value is 0.362. The molecule has 0 aromatic rings. The number of ketones is 1. The molecule has 1 nitrogen and oxygen atoms in total. The monoisotopic (exact) mass is 254 g/mol. The average molecular weight is 255 g/mol. The molecule has 10 heavy (non-hydrogen) atoms. The molecule has 0 aliphatic rings. The number of carbonyl (C=O) groups excluding carboxylic acids is 1. The van der Waals surface area contributed by atoms with Crippen LogP contribution in [0.15, 0.2) is 12.2 Å². The maximum absolute atomic E-state index is 10.2. The molecule has 0 N–H and O–H groups in total. The van der Waals surface area contributed by atoms with E-state index in [2.05, 4.69) is 6.92 Å². The van der Waals surface area contributed by atoms with Crippen molar-refractivity contribution in [2.24, 2.45) is 0 Å². The predicted octanol–water partition coefficient (Wildman–Crippen LogP) is 2.35. The second-order valence-electron chi connectivity index (χ2n) is 1.80. The Balaban J connectivity index is -0.000000245. The van der Waals surface area contributed by atoms with Crippen molar-refractivity contribution in [2.75, 3.05) is 0 Å². The van der Waals surface area contributed by atoms with E-state index < -0.39 is 0 Å². The smallest absolute Gasteiger partial charge is 0.152 e. The third-order valence-corrected chi connectivity index (χ3v) is 0.808. The van der Waals surface area contributed by atoms with Crippen molar-refractivity contribution >= 4 is 18.2 Å². The molecule has 64 valence electrons. The third kappa shape index (κ3) is 15.8. The molecule has 0 amide bonds. The van der Waals surface area contributed by atoms with E-state index in [0.717, 1.165) is 12.8 Å². The fourth-order valence-corrected chi connectivity index (χ4v) is 0.416. The minimum atomic E-state index is 0. The molecule has 3 heteroatoms. The fraction of sp³-hybridized carbons (Fsp3) is 0.571. The van der Waals surface area contributed by atoms with Crippen molar-refractivity contribution in [1.29, 1.82) is 0 Å². The summed E-state index contributed by atoms with van der Waals surface area (Å²) in [5.74, 6) is 0.137. The van der Waals surface area contributed by atoms with Crippen LogP contribution in [0.4, 0.5) is 0 Å². The third-order valence-electron chi connectivity index (χ3n) is 0.808. The first-order valence-corrected chi connectivity index (χ1v) is 2.94. The second-order valence-corrected chi connectivity index (χ2v) is 1.80. The van der Waals surface area contributed by atoms with Gasteiger partial charge in [0, 0.05) is 20.4 Å². The van der Waals surface area contributed by atoms with Crippen LogP contribution in [-0.2, 0) is 25.2 Å². The molecular formula is C7H13ClOPd. The molecule has 0 saturated carbocycles. The number of halogens is 1. The van der Waals surface area contributed by atoms with Crippen LogP contribution in [0, 0.1) is 0 Å². The van der Waals surface area contributed by atoms with Crippen molar-refractivity contribution in [1.82, 2.24) is 0 Å². The summed E-state index contributed by atoms with van der Waals surface area (Å²) in [5, 5.41) is 0. The first-order valence-electron chi connectivity index (χ1n) is 2.94. The first kappa shape index (κ1) is 16.8. The van der Waals surface area contributed by atoms with Crippen molar-refractivity contribution in [2.45, 2.75) is 26.7 Å². The number of unbranched alkanes of at least 4 members (excludes halogenated alkanes) is 1. The number of hydrogen-bond donors (Lipinski definition) is 0. The van der Waals surface area contributed by atoms with E-state index in [1.165, 1.54) is 0 Å². The Morgan fingerprint density at radius 1 is 1.50 bits per heavy atom. The van der Waals surface area contributed by atoms with Crippen LogP contribution >= 0.6 is 12.4 Å². The van der Waals surface area contributed by atoms with E-state index in [4.69, 9.17) is 0 Å². The molecule has 0 fully saturated rings. The van der Waals surface area contributed by atoms with Crippen molar-refractivity contribution < 1.29 is 25.2 Å². The van der Waals surface area contributed by atoms with Gasteiger partial charge in [-0.3, -0.25) is 4.79 Å². The number of carbonyl (C=O) groups is 1. The van der Waals surface area contributed by atoms with Gasteiger partial charge < -0.3 is 0 Å². The maximum atomic E-state index is 10.2.